The Kier molecular flexibility index (Phi) is 7.44. The third-order valence-electron chi connectivity index (χ3n) is 5.70. The van der Waals surface area contributed by atoms with Gasteiger partial charge in [-0.3, -0.25) is 4.79 Å². The molecule has 1 fully saturated rings. The Morgan fingerprint density at radius 1 is 1.09 bits per heavy atom. The molecule has 1 aliphatic rings. The number of halogens is 1. The van der Waals surface area contributed by atoms with Gasteiger partial charge in [-0.1, -0.05) is 54.1 Å². The van der Waals surface area contributed by atoms with E-state index in [0.717, 1.165) is 11.1 Å². The SMILES string of the molecule is CC1(C)OB(C(=Cc2ccc(Cl)c(C=O)c2)CNC(=O)OCc2ccccc2)OC1(C)C. The van der Waals surface area contributed by atoms with Crippen LogP contribution in [0.1, 0.15) is 49.2 Å². The lowest BCUT2D eigenvalue weighted by Gasteiger charge is -2.32. The van der Waals surface area contributed by atoms with E-state index in [0.29, 0.717) is 22.3 Å². The molecule has 1 aliphatic heterocycles. The summed E-state index contributed by atoms with van der Waals surface area (Å²) in [6.45, 7) is 8.14. The molecule has 0 aromatic heterocycles. The molecule has 168 valence electrons. The predicted octanol–water partition coefficient (Wildman–Crippen LogP) is 5.09. The molecule has 0 unspecified atom stereocenters. The van der Waals surface area contributed by atoms with Crippen molar-refractivity contribution in [2.75, 3.05) is 6.54 Å². The molecule has 0 saturated carbocycles. The van der Waals surface area contributed by atoms with E-state index in [-0.39, 0.29) is 13.2 Å². The van der Waals surface area contributed by atoms with Crippen molar-refractivity contribution in [1.82, 2.24) is 5.32 Å². The topological polar surface area (TPSA) is 73.9 Å². The highest BCUT2D eigenvalue weighted by Crippen LogP contribution is 2.38. The summed E-state index contributed by atoms with van der Waals surface area (Å²) in [6, 6.07) is 14.5. The second-order valence-corrected chi connectivity index (χ2v) is 9.03. The number of ether oxygens (including phenoxy) is 1. The summed E-state index contributed by atoms with van der Waals surface area (Å²) in [5, 5.41) is 3.13. The molecule has 0 aliphatic carbocycles. The van der Waals surface area contributed by atoms with Crippen LogP contribution in [0, 0.1) is 0 Å². The smallest absolute Gasteiger partial charge is 0.445 e. The highest BCUT2D eigenvalue weighted by atomic mass is 35.5. The minimum atomic E-state index is -0.676. The fraction of sp³-hybridized carbons (Fsp3) is 0.333. The number of benzene rings is 2. The van der Waals surface area contributed by atoms with Gasteiger partial charge in [0, 0.05) is 12.1 Å². The van der Waals surface area contributed by atoms with Gasteiger partial charge in [0.25, 0.3) is 0 Å². The van der Waals surface area contributed by atoms with Crippen LogP contribution in [-0.2, 0) is 20.7 Å². The lowest BCUT2D eigenvalue weighted by Crippen LogP contribution is -2.41. The molecule has 0 bridgehead atoms. The summed E-state index contributed by atoms with van der Waals surface area (Å²) in [7, 11) is -0.676. The van der Waals surface area contributed by atoms with Crippen molar-refractivity contribution in [1.29, 1.82) is 0 Å². The Balaban J connectivity index is 1.76. The van der Waals surface area contributed by atoms with Crippen molar-refractivity contribution in [2.45, 2.75) is 45.5 Å². The summed E-state index contributed by atoms with van der Waals surface area (Å²) in [4.78, 5) is 23.5. The molecule has 32 heavy (non-hydrogen) atoms. The molecule has 2 aromatic carbocycles. The number of carbonyl (C=O) groups excluding carboxylic acids is 2. The number of hydrogen-bond donors (Lipinski definition) is 1. The van der Waals surface area contributed by atoms with Crippen LogP contribution in [0.3, 0.4) is 0 Å². The summed E-state index contributed by atoms with van der Waals surface area (Å²) in [5.74, 6) is 0. The Morgan fingerprint density at radius 3 is 2.38 bits per heavy atom. The van der Waals surface area contributed by atoms with Gasteiger partial charge in [0.05, 0.1) is 16.2 Å². The van der Waals surface area contributed by atoms with Gasteiger partial charge in [0.1, 0.15) is 6.61 Å². The molecular weight excluding hydrogens is 429 g/mol. The summed E-state index contributed by atoms with van der Waals surface area (Å²) < 4.78 is 17.6. The van der Waals surface area contributed by atoms with Crippen LogP contribution < -0.4 is 5.32 Å². The zero-order valence-electron chi connectivity index (χ0n) is 18.7. The molecule has 1 amide bonds. The molecule has 1 saturated heterocycles. The van der Waals surface area contributed by atoms with Crippen LogP contribution >= 0.6 is 11.6 Å². The molecule has 1 heterocycles. The summed E-state index contributed by atoms with van der Waals surface area (Å²) >= 11 is 6.05. The Morgan fingerprint density at radius 2 is 1.75 bits per heavy atom. The average molecular weight is 456 g/mol. The Bertz CT molecular complexity index is 991. The highest BCUT2D eigenvalue weighted by molar-refractivity contribution is 6.56. The van der Waals surface area contributed by atoms with Gasteiger partial charge >= 0.3 is 13.2 Å². The standard InChI is InChI=1S/C24H27BClNO5/c1-23(2)24(3,4)32-25(31-23)20(13-18-10-11-21(26)19(12-18)15-28)14-27-22(29)30-16-17-8-6-5-7-9-17/h5-13,15H,14,16H2,1-4H3,(H,27,29). The predicted molar refractivity (Wildman–Crippen MR) is 126 cm³/mol. The maximum absolute atomic E-state index is 12.3. The number of amides is 1. The van der Waals surface area contributed by atoms with E-state index in [2.05, 4.69) is 5.32 Å². The van der Waals surface area contributed by atoms with Crippen LogP contribution in [0.25, 0.3) is 6.08 Å². The first kappa shape index (κ1) is 24.0. The number of nitrogens with one attached hydrogen (secondary N) is 1. The van der Waals surface area contributed by atoms with E-state index in [1.54, 1.807) is 18.2 Å². The van der Waals surface area contributed by atoms with Crippen LogP contribution in [-0.4, -0.2) is 37.2 Å². The van der Waals surface area contributed by atoms with E-state index in [9.17, 15) is 9.59 Å². The second-order valence-electron chi connectivity index (χ2n) is 8.62. The number of rotatable bonds is 7. The van der Waals surface area contributed by atoms with Gasteiger partial charge in [-0.15, -0.1) is 0 Å². The van der Waals surface area contributed by atoms with E-state index >= 15 is 0 Å². The van der Waals surface area contributed by atoms with E-state index in [4.69, 9.17) is 25.6 Å². The van der Waals surface area contributed by atoms with Crippen molar-refractivity contribution in [3.8, 4) is 0 Å². The lowest BCUT2D eigenvalue weighted by molar-refractivity contribution is 0.00578. The fourth-order valence-corrected chi connectivity index (χ4v) is 3.26. The van der Waals surface area contributed by atoms with Crippen molar-refractivity contribution >= 4 is 37.2 Å². The van der Waals surface area contributed by atoms with Crippen LogP contribution in [0.15, 0.2) is 54.0 Å². The second kappa shape index (κ2) is 9.90. The van der Waals surface area contributed by atoms with Gasteiger partial charge in [-0.25, -0.2) is 4.79 Å². The quantitative estimate of drug-likeness (QED) is 0.465. The molecule has 3 rings (SSSR count). The van der Waals surface area contributed by atoms with Crippen molar-refractivity contribution in [2.24, 2.45) is 0 Å². The number of alkyl carbamates (subject to hydrolysis) is 1. The lowest BCUT2D eigenvalue weighted by atomic mass is 9.77. The minimum Gasteiger partial charge on any atom is -0.445 e. The van der Waals surface area contributed by atoms with Crippen molar-refractivity contribution in [3.05, 3.63) is 75.7 Å². The Labute approximate surface area is 194 Å². The first-order valence-electron chi connectivity index (χ1n) is 10.4. The molecule has 8 heteroatoms. The van der Waals surface area contributed by atoms with Gasteiger partial charge < -0.3 is 19.4 Å². The zero-order chi connectivity index (χ0) is 23.4. The monoisotopic (exact) mass is 455 g/mol. The first-order valence-corrected chi connectivity index (χ1v) is 10.7. The van der Waals surface area contributed by atoms with E-state index < -0.39 is 24.4 Å². The van der Waals surface area contributed by atoms with Crippen LogP contribution in [0.5, 0.6) is 0 Å². The first-order chi connectivity index (χ1) is 15.1. The van der Waals surface area contributed by atoms with Crippen molar-refractivity contribution < 1.29 is 23.6 Å². The van der Waals surface area contributed by atoms with E-state index in [1.165, 1.54) is 0 Å². The summed E-state index contributed by atoms with van der Waals surface area (Å²) in [5.41, 5.74) is 1.60. The fourth-order valence-electron chi connectivity index (χ4n) is 3.10. The molecule has 1 N–H and O–H groups in total. The zero-order valence-corrected chi connectivity index (χ0v) is 19.4. The number of carbonyl (C=O) groups is 2. The largest absolute Gasteiger partial charge is 0.492 e. The molecular formula is C24H27BClNO5. The molecule has 0 radical (unpaired) electrons. The minimum absolute atomic E-state index is 0.142. The van der Waals surface area contributed by atoms with Crippen molar-refractivity contribution in [3.63, 3.8) is 0 Å². The van der Waals surface area contributed by atoms with Gasteiger partial charge in [0.15, 0.2) is 6.29 Å². The molecule has 0 atom stereocenters. The maximum atomic E-state index is 12.3. The highest BCUT2D eigenvalue weighted by Gasteiger charge is 2.52. The van der Waals surface area contributed by atoms with Gasteiger partial charge in [-0.2, -0.15) is 0 Å². The third-order valence-corrected chi connectivity index (χ3v) is 6.05. The molecule has 6 nitrogen and oxygen atoms in total. The van der Waals surface area contributed by atoms with Crippen LogP contribution in [0.4, 0.5) is 4.79 Å². The number of aldehydes is 1. The van der Waals surface area contributed by atoms with Crippen LogP contribution in [0.2, 0.25) is 5.02 Å². The normalized spacial score (nSPS) is 17.2. The summed E-state index contributed by atoms with van der Waals surface area (Å²) in [6.07, 6.45) is 1.97. The van der Waals surface area contributed by atoms with Gasteiger partial charge in [-0.05, 0) is 56.4 Å². The molecule has 2 aromatic rings. The van der Waals surface area contributed by atoms with Gasteiger partial charge in [0.2, 0.25) is 0 Å². The Hall–Kier alpha value is -2.61. The van der Waals surface area contributed by atoms with E-state index in [1.807, 2.05) is 64.1 Å². The average Bonchev–Trinajstić information content (AvgIpc) is 2.98. The maximum Gasteiger partial charge on any atom is 0.492 e. The molecule has 0 spiro atoms. The number of hydrogen-bond acceptors (Lipinski definition) is 5. The third kappa shape index (κ3) is 5.79.